The van der Waals surface area contributed by atoms with Gasteiger partial charge in [-0.2, -0.15) is 0 Å². The molecule has 81 heavy (non-hydrogen) atoms. The van der Waals surface area contributed by atoms with Crippen molar-refractivity contribution >= 4 is 53.7 Å². The van der Waals surface area contributed by atoms with Crippen molar-refractivity contribution < 1.29 is 90.9 Å². The number of hydrogen-bond acceptors (Lipinski definition) is 19. The Morgan fingerprint density at radius 3 is 0.815 bits per heavy atom. The first kappa shape index (κ1) is 89.5. The fourth-order valence-electron chi connectivity index (χ4n) is 3.57. The number of ether oxygens (including phenoxy) is 9. The van der Waals surface area contributed by atoms with Gasteiger partial charge in [-0.1, -0.05) is 33.4 Å². The van der Waals surface area contributed by atoms with Gasteiger partial charge in [-0.25, -0.2) is 9.59 Å². The minimum atomic E-state index is -0.766. The summed E-state index contributed by atoms with van der Waals surface area (Å²) in [5.41, 5.74) is -3.62. The van der Waals surface area contributed by atoms with Crippen molar-refractivity contribution in [2.75, 3.05) is 60.0 Å². The van der Waals surface area contributed by atoms with Gasteiger partial charge in [0.2, 0.25) is 0 Å². The third-order valence-corrected chi connectivity index (χ3v) is 8.77. The molecule has 0 aliphatic carbocycles. The highest BCUT2D eigenvalue weighted by atomic mass is 16.6. The Hall–Kier alpha value is -5.33. The third-order valence-electron chi connectivity index (χ3n) is 8.77. The van der Waals surface area contributed by atoms with E-state index in [2.05, 4.69) is 29.6 Å². The van der Waals surface area contributed by atoms with E-state index in [0.717, 1.165) is 31.4 Å². The SMILES string of the molecule is C=CC(=O)OCCCCOC(=O)C(C)(C)C.C=CC(=O)OCCOC(=O)C(C)(C)C.CC(C)(O)CCOC(=O)C(C)(C)C.CCCCOC(=O)C(C)(C)C.CCCOC(=O)C(C)(C)C.CCOC(=O)C(C)(C)C.COC(=O)C(C)(C)C. The lowest BCUT2D eigenvalue weighted by Crippen LogP contribution is -2.27. The monoisotopic (exact) mass is 1160 g/mol. The van der Waals surface area contributed by atoms with Crippen LogP contribution in [-0.2, 0) is 85.8 Å². The number of aliphatic hydroxyl groups is 1. The molecule has 0 fully saturated rings. The summed E-state index contributed by atoms with van der Waals surface area (Å²) < 4.78 is 43.4. The van der Waals surface area contributed by atoms with Gasteiger partial charge in [0.15, 0.2) is 0 Å². The number of methoxy groups -OCH3 is 1. The van der Waals surface area contributed by atoms with E-state index in [9.17, 15) is 48.3 Å². The molecule has 0 saturated heterocycles. The van der Waals surface area contributed by atoms with Crippen molar-refractivity contribution in [3.8, 4) is 0 Å². The molecule has 0 aromatic rings. The maximum absolute atomic E-state index is 11.3. The standard InChI is InChI=1S/C12H20O4.C10H16O4.C10H20O3.C9H18O2.C8H16O2.C7H14O2.C6H12O2/c1-5-10(13)15-8-6-7-9-16-11(14)12(2,3)4;1-5-8(11)13-6-7-14-9(12)10(2,3)4;1-9(2,3)8(11)13-7-6-10(4,5)12;1-5-6-7-11-8(10)9(2,3)4;1-5-6-10-7(9)8(2,3)4;1-5-9-6(8)7(2,3)4;1-6(2,3)5(7)8-4/h5H,1,6-9H2,2-4H3;5H,1,6-7H2,2-4H3;12H,6-7H2,1-5H3;5-7H2,1-4H3;5-6H2,1-4H3;5H2,1-4H3;1-4H3. The molecule has 19 nitrogen and oxygen atoms in total. The summed E-state index contributed by atoms with van der Waals surface area (Å²) in [7, 11) is 1.40. The molecule has 0 aliphatic rings. The third kappa shape index (κ3) is 65.4. The molecule has 0 radical (unpaired) electrons. The molecular formula is C62H116O19. The Morgan fingerprint density at radius 2 is 0.580 bits per heavy atom. The van der Waals surface area contributed by atoms with Crippen LogP contribution in [0.5, 0.6) is 0 Å². The first-order valence-corrected chi connectivity index (χ1v) is 27.7. The van der Waals surface area contributed by atoms with Gasteiger partial charge in [0, 0.05) is 18.6 Å². The summed E-state index contributed by atoms with van der Waals surface area (Å²) in [4.78, 5) is 98.6. The largest absolute Gasteiger partial charge is 0.469 e. The lowest BCUT2D eigenvalue weighted by atomic mass is 9.97. The molecule has 0 aromatic heterocycles. The highest BCUT2D eigenvalue weighted by Crippen LogP contribution is 2.19. The van der Waals surface area contributed by atoms with Crippen LogP contribution in [0.15, 0.2) is 25.3 Å². The van der Waals surface area contributed by atoms with Crippen molar-refractivity contribution in [1.29, 1.82) is 0 Å². The van der Waals surface area contributed by atoms with Crippen LogP contribution >= 0.6 is 0 Å². The molecule has 0 atom stereocenters. The second kappa shape index (κ2) is 45.2. The Morgan fingerprint density at radius 1 is 0.333 bits per heavy atom. The summed E-state index contributed by atoms with van der Waals surface area (Å²) in [5.74, 6) is -2.22. The number of hydrogen-bond donors (Lipinski definition) is 1. The van der Waals surface area contributed by atoms with Gasteiger partial charge in [0.1, 0.15) is 13.2 Å². The quantitative estimate of drug-likeness (QED) is 0.0545. The second-order valence-electron chi connectivity index (χ2n) is 26.0. The number of rotatable bonds is 19. The van der Waals surface area contributed by atoms with Crippen molar-refractivity contribution in [2.24, 2.45) is 37.9 Å². The molecule has 0 heterocycles. The van der Waals surface area contributed by atoms with E-state index >= 15 is 0 Å². The zero-order chi connectivity index (χ0) is 65.9. The smallest absolute Gasteiger partial charge is 0.330 e. The van der Waals surface area contributed by atoms with E-state index in [4.69, 9.17) is 33.2 Å². The van der Waals surface area contributed by atoms with Crippen LogP contribution in [-0.4, -0.2) is 124 Å². The van der Waals surface area contributed by atoms with Gasteiger partial charge in [0.25, 0.3) is 0 Å². The molecule has 19 heteroatoms. The number of unbranched alkanes of at least 4 members (excludes halogenated alkanes) is 2. The predicted molar refractivity (Wildman–Crippen MR) is 317 cm³/mol. The summed E-state index contributed by atoms with van der Waals surface area (Å²) in [6.07, 6.45) is 6.93. The molecule has 0 aliphatic heterocycles. The topological polar surface area (TPSA) is 257 Å². The molecule has 0 saturated carbocycles. The molecule has 478 valence electrons. The van der Waals surface area contributed by atoms with E-state index in [1.807, 2.05) is 96.9 Å². The normalized spacial score (nSPS) is 11.2. The van der Waals surface area contributed by atoms with Gasteiger partial charge in [-0.15, -0.1) is 0 Å². The molecule has 0 rings (SSSR count). The number of carbonyl (C=O) groups is 9. The molecule has 0 spiro atoms. The van der Waals surface area contributed by atoms with Crippen molar-refractivity contribution in [3.05, 3.63) is 25.3 Å². The highest BCUT2D eigenvalue weighted by molar-refractivity contribution is 5.82. The Bertz CT molecular complexity index is 1790. The Labute approximate surface area is 490 Å². The van der Waals surface area contributed by atoms with Gasteiger partial charge in [-0.3, -0.25) is 33.6 Å². The van der Waals surface area contributed by atoms with E-state index in [1.165, 1.54) is 7.11 Å². The lowest BCUT2D eigenvalue weighted by molar-refractivity contribution is -0.157. The Balaban J connectivity index is -0.000000160. The van der Waals surface area contributed by atoms with Crippen molar-refractivity contribution in [1.82, 2.24) is 0 Å². The second-order valence-corrected chi connectivity index (χ2v) is 26.0. The zero-order valence-electron chi connectivity index (χ0n) is 55.8. The van der Waals surface area contributed by atoms with Crippen LogP contribution in [0, 0.1) is 37.9 Å². The maximum Gasteiger partial charge on any atom is 0.330 e. The number of esters is 9. The highest BCUT2D eigenvalue weighted by Gasteiger charge is 2.27. The molecule has 0 amide bonds. The van der Waals surface area contributed by atoms with Crippen LogP contribution in [0.4, 0.5) is 0 Å². The van der Waals surface area contributed by atoms with E-state index in [-0.39, 0.29) is 83.3 Å². The van der Waals surface area contributed by atoms with Crippen LogP contribution in [0.3, 0.4) is 0 Å². The minimum absolute atomic E-state index is 0.0622. The summed E-state index contributed by atoms with van der Waals surface area (Å²) in [6, 6.07) is 0. The Kier molecular flexibility index (Phi) is 49.9. The predicted octanol–water partition coefficient (Wildman–Crippen LogP) is 12.3. The molecular weight excluding hydrogens is 1050 g/mol. The van der Waals surface area contributed by atoms with E-state index in [0.29, 0.717) is 52.3 Å². The van der Waals surface area contributed by atoms with Crippen LogP contribution in [0.25, 0.3) is 0 Å². The first-order valence-electron chi connectivity index (χ1n) is 27.7. The molecule has 0 aromatic carbocycles. The first-order chi connectivity index (χ1) is 36.3. The average Bonchev–Trinajstić information content (AvgIpc) is 3.31. The number of carbonyl (C=O) groups excluding carboxylic acids is 9. The van der Waals surface area contributed by atoms with E-state index < -0.39 is 33.8 Å². The van der Waals surface area contributed by atoms with Gasteiger partial charge in [0.05, 0.1) is 90.3 Å². The van der Waals surface area contributed by atoms with Gasteiger partial charge < -0.3 is 47.7 Å². The molecule has 0 bridgehead atoms. The van der Waals surface area contributed by atoms with Gasteiger partial charge >= 0.3 is 53.7 Å². The molecule has 1 N–H and O–H groups in total. The van der Waals surface area contributed by atoms with Gasteiger partial charge in [-0.05, 0) is 192 Å². The zero-order valence-corrected chi connectivity index (χ0v) is 55.8. The summed E-state index contributed by atoms with van der Waals surface area (Å²) >= 11 is 0. The fourth-order valence-corrected chi connectivity index (χ4v) is 3.57. The summed E-state index contributed by atoms with van der Waals surface area (Å²) in [6.45, 7) is 56.7. The summed E-state index contributed by atoms with van der Waals surface area (Å²) in [5, 5.41) is 9.34. The van der Waals surface area contributed by atoms with E-state index in [1.54, 1.807) is 76.2 Å². The maximum atomic E-state index is 11.3. The van der Waals surface area contributed by atoms with Crippen LogP contribution < -0.4 is 0 Å². The van der Waals surface area contributed by atoms with Crippen molar-refractivity contribution in [3.63, 3.8) is 0 Å². The van der Waals surface area contributed by atoms with Crippen LogP contribution in [0.2, 0.25) is 0 Å². The average molecular weight is 1170 g/mol. The van der Waals surface area contributed by atoms with Crippen molar-refractivity contribution in [2.45, 2.75) is 224 Å². The molecule has 0 unspecified atom stereocenters. The fraction of sp³-hybridized carbons (Fsp3) is 0.790. The van der Waals surface area contributed by atoms with Crippen LogP contribution in [0.1, 0.15) is 219 Å². The minimum Gasteiger partial charge on any atom is -0.469 e. The lowest BCUT2D eigenvalue weighted by Gasteiger charge is -2.20.